The summed E-state index contributed by atoms with van der Waals surface area (Å²) < 4.78 is 27.9. The molecule has 9 heteroatoms. The summed E-state index contributed by atoms with van der Waals surface area (Å²) in [5.74, 6) is -0.969. The van der Waals surface area contributed by atoms with Crippen molar-refractivity contribution in [2.24, 2.45) is 0 Å². The molecule has 0 spiro atoms. The van der Waals surface area contributed by atoms with E-state index in [2.05, 4.69) is 11.1 Å². The highest BCUT2D eigenvalue weighted by Gasteiger charge is 2.26. The fourth-order valence-corrected chi connectivity index (χ4v) is 3.21. The zero-order valence-electron chi connectivity index (χ0n) is 15.3. The van der Waals surface area contributed by atoms with Crippen LogP contribution < -0.4 is 4.90 Å². The highest BCUT2D eigenvalue weighted by atomic mass is 19.1. The first kappa shape index (κ1) is 19.2. The van der Waals surface area contributed by atoms with Gasteiger partial charge in [-0.3, -0.25) is 10.8 Å². The molecular weight excluding hydrogens is 364 g/mol. The van der Waals surface area contributed by atoms with Crippen LogP contribution in [0.3, 0.4) is 0 Å². The Balaban J connectivity index is 1.95. The van der Waals surface area contributed by atoms with Crippen LogP contribution in [0.5, 0.6) is 0 Å². The van der Waals surface area contributed by atoms with Crippen molar-refractivity contribution in [1.29, 1.82) is 16.1 Å². The van der Waals surface area contributed by atoms with E-state index in [-0.39, 0.29) is 11.5 Å². The summed E-state index contributed by atoms with van der Waals surface area (Å²) in [5.41, 5.74) is 1.37. The summed E-state index contributed by atoms with van der Waals surface area (Å²) in [5, 5.41) is 24.9. The molecule has 1 aliphatic heterocycles. The smallest absolute Gasteiger partial charge is 0.212 e. The summed E-state index contributed by atoms with van der Waals surface area (Å²) in [7, 11) is 1.63. The number of rotatable bonds is 3. The van der Waals surface area contributed by atoms with E-state index in [1.165, 1.54) is 29.3 Å². The molecule has 1 saturated heterocycles. The van der Waals surface area contributed by atoms with E-state index < -0.39 is 11.8 Å². The molecule has 0 amide bonds. The maximum Gasteiger partial charge on any atom is 0.212 e. The topological polar surface area (TPSA) is 94.1 Å². The van der Waals surface area contributed by atoms with Crippen LogP contribution in [0.2, 0.25) is 0 Å². The van der Waals surface area contributed by atoms with Gasteiger partial charge in [-0.15, -0.1) is 0 Å². The van der Waals surface area contributed by atoms with Crippen LogP contribution in [0.25, 0.3) is 11.1 Å². The predicted octanol–water partition coefficient (Wildman–Crippen LogP) is 2.49. The van der Waals surface area contributed by atoms with E-state index in [9.17, 15) is 14.0 Å². The van der Waals surface area contributed by atoms with E-state index >= 15 is 0 Å². The number of anilines is 1. The van der Waals surface area contributed by atoms with Gasteiger partial charge >= 0.3 is 0 Å². The number of nitriles is 1. The number of pyridine rings is 1. The molecule has 2 N–H and O–H groups in total. The van der Waals surface area contributed by atoms with Crippen molar-refractivity contribution < 1.29 is 8.78 Å². The van der Waals surface area contributed by atoms with Crippen LogP contribution >= 0.6 is 0 Å². The Bertz CT molecular complexity index is 929. The van der Waals surface area contributed by atoms with E-state index in [1.807, 2.05) is 9.80 Å². The van der Waals surface area contributed by atoms with Crippen molar-refractivity contribution in [3.63, 3.8) is 0 Å². The van der Waals surface area contributed by atoms with Gasteiger partial charge in [0.25, 0.3) is 0 Å². The summed E-state index contributed by atoms with van der Waals surface area (Å²) >= 11 is 0. The average molecular weight is 383 g/mol. The van der Waals surface area contributed by atoms with Crippen molar-refractivity contribution in [3.05, 3.63) is 47.8 Å². The number of piperazine rings is 1. The quantitative estimate of drug-likeness (QED) is 0.482. The highest BCUT2D eigenvalue weighted by molar-refractivity contribution is 5.87. The second-order valence-corrected chi connectivity index (χ2v) is 6.34. The first-order valence-corrected chi connectivity index (χ1v) is 8.62. The van der Waals surface area contributed by atoms with Crippen molar-refractivity contribution in [2.45, 2.75) is 0 Å². The molecule has 1 aromatic heterocycles. The van der Waals surface area contributed by atoms with Crippen molar-refractivity contribution >= 4 is 18.0 Å². The van der Waals surface area contributed by atoms with E-state index in [4.69, 9.17) is 10.8 Å². The van der Waals surface area contributed by atoms with Crippen LogP contribution in [0.1, 0.15) is 5.56 Å². The van der Waals surface area contributed by atoms with Gasteiger partial charge in [0.1, 0.15) is 11.9 Å². The monoisotopic (exact) mass is 383 g/mol. The Kier molecular flexibility index (Phi) is 5.49. The van der Waals surface area contributed by atoms with Gasteiger partial charge in [0.05, 0.1) is 17.6 Å². The maximum atomic E-state index is 14.7. The molecule has 0 unspecified atom stereocenters. The lowest BCUT2D eigenvalue weighted by Crippen LogP contribution is -2.52. The normalized spacial score (nSPS) is 13.8. The molecule has 0 bridgehead atoms. The van der Waals surface area contributed by atoms with E-state index in [0.717, 1.165) is 12.4 Å². The Hall–Kier alpha value is -3.54. The van der Waals surface area contributed by atoms with Crippen molar-refractivity contribution in [3.8, 4) is 17.2 Å². The second kappa shape index (κ2) is 8.00. The van der Waals surface area contributed by atoms with Crippen LogP contribution in [-0.4, -0.2) is 60.3 Å². The summed E-state index contributed by atoms with van der Waals surface area (Å²) in [6.07, 6.45) is 2.32. The fourth-order valence-electron chi connectivity index (χ4n) is 3.21. The van der Waals surface area contributed by atoms with Gasteiger partial charge in [-0.25, -0.2) is 9.37 Å². The number of halogens is 2. The number of guanidine groups is 1. The third kappa shape index (κ3) is 3.62. The molecule has 0 saturated carbocycles. The zero-order valence-corrected chi connectivity index (χ0v) is 15.3. The molecule has 2 aromatic rings. The largest absolute Gasteiger partial charge is 0.366 e. The molecule has 144 valence electrons. The van der Waals surface area contributed by atoms with Crippen molar-refractivity contribution in [1.82, 2.24) is 14.8 Å². The number of hydrogen-bond donors (Lipinski definition) is 2. The Morgan fingerprint density at radius 1 is 1.21 bits per heavy atom. The lowest BCUT2D eigenvalue weighted by molar-refractivity contribution is 0.355. The summed E-state index contributed by atoms with van der Waals surface area (Å²) in [6, 6.07) is 7.36. The average Bonchev–Trinajstić information content (AvgIpc) is 2.73. The van der Waals surface area contributed by atoms with Crippen LogP contribution in [0, 0.1) is 33.9 Å². The van der Waals surface area contributed by atoms with Crippen LogP contribution in [0.4, 0.5) is 14.5 Å². The van der Waals surface area contributed by atoms with Gasteiger partial charge in [0, 0.05) is 50.6 Å². The minimum absolute atomic E-state index is 0.206. The van der Waals surface area contributed by atoms with Crippen LogP contribution in [0.15, 0.2) is 30.5 Å². The Morgan fingerprint density at radius 2 is 1.93 bits per heavy atom. The fraction of sp³-hybridized carbons (Fsp3) is 0.263. The number of hydrogen-bond acceptors (Lipinski definition) is 5. The molecule has 1 aliphatic rings. The first-order valence-electron chi connectivity index (χ1n) is 8.62. The van der Waals surface area contributed by atoms with Gasteiger partial charge in [0.2, 0.25) is 5.95 Å². The maximum absolute atomic E-state index is 14.7. The molecule has 1 aromatic carbocycles. The number of aromatic nitrogens is 1. The molecule has 7 nitrogen and oxygen atoms in total. The van der Waals surface area contributed by atoms with Gasteiger partial charge in [0.15, 0.2) is 5.96 Å². The minimum Gasteiger partial charge on any atom is -0.366 e. The van der Waals surface area contributed by atoms with Crippen LogP contribution in [-0.2, 0) is 0 Å². The lowest BCUT2D eigenvalue weighted by atomic mass is 9.99. The SMILES string of the molecule is CN(C=N)C(=N)N1CCN(c2c(C#N)ccc(F)c2-c2ccc(F)nc2)CC1. The first-order chi connectivity index (χ1) is 13.5. The zero-order chi connectivity index (χ0) is 20.3. The lowest BCUT2D eigenvalue weighted by Gasteiger charge is -2.39. The van der Waals surface area contributed by atoms with Gasteiger partial charge in [-0.1, -0.05) is 0 Å². The molecule has 1 fully saturated rings. The molecule has 3 rings (SSSR count). The third-order valence-electron chi connectivity index (χ3n) is 4.69. The summed E-state index contributed by atoms with van der Waals surface area (Å²) in [6.45, 7) is 1.90. The molecule has 0 aliphatic carbocycles. The Morgan fingerprint density at radius 3 is 2.50 bits per heavy atom. The van der Waals surface area contributed by atoms with Gasteiger partial charge < -0.3 is 14.7 Å². The Labute approximate surface area is 161 Å². The third-order valence-corrected chi connectivity index (χ3v) is 4.69. The number of benzene rings is 1. The number of nitrogens with zero attached hydrogens (tertiary/aromatic N) is 5. The number of nitrogens with one attached hydrogen (secondary N) is 2. The molecule has 28 heavy (non-hydrogen) atoms. The van der Waals surface area contributed by atoms with Gasteiger partial charge in [-0.2, -0.15) is 9.65 Å². The highest BCUT2D eigenvalue weighted by Crippen LogP contribution is 2.36. The summed E-state index contributed by atoms with van der Waals surface area (Å²) in [4.78, 5) is 8.71. The molecule has 0 radical (unpaired) electrons. The predicted molar refractivity (Wildman–Crippen MR) is 102 cm³/mol. The van der Waals surface area contributed by atoms with Gasteiger partial charge in [-0.05, 0) is 24.3 Å². The molecule has 0 atom stereocenters. The second-order valence-electron chi connectivity index (χ2n) is 6.34. The van der Waals surface area contributed by atoms with Crippen molar-refractivity contribution in [2.75, 3.05) is 38.1 Å². The van der Waals surface area contributed by atoms with E-state index in [0.29, 0.717) is 43.0 Å². The van der Waals surface area contributed by atoms with E-state index in [1.54, 1.807) is 7.05 Å². The standard InChI is InChI=1S/C19H19F2N7/c1-26(12-23)19(24)28-8-6-27(7-9-28)18-13(10-22)2-4-15(20)17(18)14-3-5-16(21)25-11-14/h2-5,11-12,23-24H,6-9H2,1H3. The molecular formula is C19H19F2N7. The minimum atomic E-state index is -0.662. The molecule has 2 heterocycles.